The van der Waals surface area contributed by atoms with Crippen LogP contribution in [0.1, 0.15) is 32.7 Å². The lowest BCUT2D eigenvalue weighted by molar-refractivity contribution is -0.158. The Balaban J connectivity index is 1.69. The van der Waals surface area contributed by atoms with Gasteiger partial charge in [0.2, 0.25) is 0 Å². The number of carboxylic acid groups (broad SMARTS) is 1. The maximum Gasteiger partial charge on any atom is 0.389 e. The first kappa shape index (κ1) is 26.9. The van der Waals surface area contributed by atoms with Crippen molar-refractivity contribution in [2.45, 2.75) is 62.1 Å². The summed E-state index contributed by atoms with van der Waals surface area (Å²) in [5, 5.41) is 21.1. The molecule has 0 spiro atoms. The molecule has 10 nitrogen and oxygen atoms in total. The molecule has 4 atom stereocenters. The number of nitrogens with one attached hydrogen (secondary N) is 1. The highest BCUT2D eigenvalue weighted by atomic mass is 32.2. The number of halogens is 3. The van der Waals surface area contributed by atoms with Crippen LogP contribution in [0, 0.1) is 5.92 Å². The summed E-state index contributed by atoms with van der Waals surface area (Å²) in [7, 11) is 0. The van der Waals surface area contributed by atoms with Crippen LogP contribution in [-0.4, -0.2) is 84.5 Å². The molecular formula is C21H27F3N6O4S2. The average Bonchev–Trinajstić information content (AvgIpc) is 3.42. The van der Waals surface area contributed by atoms with Gasteiger partial charge in [-0.1, -0.05) is 23.1 Å². The molecule has 1 saturated carbocycles. The number of alkyl halides is 3. The van der Waals surface area contributed by atoms with Crippen molar-refractivity contribution < 1.29 is 32.5 Å². The van der Waals surface area contributed by atoms with Crippen molar-refractivity contribution in [2.75, 3.05) is 29.6 Å². The summed E-state index contributed by atoms with van der Waals surface area (Å²) in [6.07, 6.45) is -0.985. The quantitative estimate of drug-likeness (QED) is 0.195. The Morgan fingerprint density at radius 1 is 1.28 bits per heavy atom. The molecule has 1 aliphatic carbocycles. The zero-order valence-electron chi connectivity index (χ0n) is 19.9. The predicted molar refractivity (Wildman–Crippen MR) is 129 cm³/mol. The summed E-state index contributed by atoms with van der Waals surface area (Å²) in [6, 6.07) is -0.382. The SMILES string of the molecule is CSCCNc1nc(SCCC(F)(F)F)nc2c1nnn2C1CC(C=CC(=O)O)C2OC(C)(C)OC21. The fourth-order valence-corrected chi connectivity index (χ4v) is 5.51. The molecule has 2 fully saturated rings. The molecule has 1 aliphatic heterocycles. The number of hydrogen-bond acceptors (Lipinski definition) is 10. The topological polar surface area (TPSA) is 124 Å². The first-order valence-electron chi connectivity index (χ1n) is 11.3. The van der Waals surface area contributed by atoms with Gasteiger partial charge < -0.3 is 19.9 Å². The van der Waals surface area contributed by atoms with Crippen molar-refractivity contribution >= 4 is 46.5 Å². The van der Waals surface area contributed by atoms with E-state index in [2.05, 4.69) is 25.6 Å². The van der Waals surface area contributed by atoms with Crippen molar-refractivity contribution in [1.29, 1.82) is 0 Å². The summed E-state index contributed by atoms with van der Waals surface area (Å²) in [5.74, 6) is -1.22. The van der Waals surface area contributed by atoms with E-state index in [0.29, 0.717) is 29.9 Å². The molecule has 2 aliphatic rings. The van der Waals surface area contributed by atoms with E-state index in [1.165, 1.54) is 0 Å². The van der Waals surface area contributed by atoms with Crippen LogP contribution >= 0.6 is 23.5 Å². The van der Waals surface area contributed by atoms with E-state index >= 15 is 0 Å². The number of aromatic nitrogens is 5. The lowest BCUT2D eigenvalue weighted by atomic mass is 10.0. The maximum absolute atomic E-state index is 12.7. The molecule has 0 amide bonds. The second-order valence-electron chi connectivity index (χ2n) is 8.92. The molecule has 2 aromatic heterocycles. The number of carboxylic acids is 1. The van der Waals surface area contributed by atoms with Gasteiger partial charge in [0.1, 0.15) is 6.10 Å². The largest absolute Gasteiger partial charge is 0.478 e. The van der Waals surface area contributed by atoms with Gasteiger partial charge in [0.05, 0.1) is 18.6 Å². The second kappa shape index (κ2) is 10.7. The van der Waals surface area contributed by atoms with Gasteiger partial charge in [-0.3, -0.25) is 0 Å². The fraction of sp³-hybridized carbons (Fsp3) is 0.667. The van der Waals surface area contributed by atoms with E-state index in [9.17, 15) is 18.0 Å². The molecule has 15 heteroatoms. The van der Waals surface area contributed by atoms with Crippen LogP contribution in [0.3, 0.4) is 0 Å². The third-order valence-electron chi connectivity index (χ3n) is 5.80. The Morgan fingerprint density at radius 2 is 2.03 bits per heavy atom. The van der Waals surface area contributed by atoms with Crippen LogP contribution in [0.5, 0.6) is 0 Å². The summed E-state index contributed by atoms with van der Waals surface area (Å²) >= 11 is 2.55. The van der Waals surface area contributed by atoms with Gasteiger partial charge in [-0.2, -0.15) is 24.9 Å². The number of aliphatic carboxylic acids is 1. The van der Waals surface area contributed by atoms with Crippen LogP contribution in [0.4, 0.5) is 19.0 Å². The molecule has 3 heterocycles. The molecule has 198 valence electrons. The Kier molecular flexibility index (Phi) is 8.02. The number of fused-ring (bicyclic) bond motifs is 2. The lowest BCUT2D eigenvalue weighted by Gasteiger charge is -2.22. The minimum Gasteiger partial charge on any atom is -0.478 e. The van der Waals surface area contributed by atoms with Crippen molar-refractivity contribution in [2.24, 2.45) is 5.92 Å². The van der Waals surface area contributed by atoms with Gasteiger partial charge in [-0.05, 0) is 26.5 Å². The first-order chi connectivity index (χ1) is 17.0. The number of rotatable bonds is 10. The molecule has 0 bridgehead atoms. The third-order valence-corrected chi connectivity index (χ3v) is 7.26. The Morgan fingerprint density at radius 3 is 2.72 bits per heavy atom. The van der Waals surface area contributed by atoms with Gasteiger partial charge in [-0.15, -0.1) is 5.10 Å². The van der Waals surface area contributed by atoms with E-state index in [1.807, 2.05) is 6.26 Å². The molecule has 4 rings (SSSR count). The summed E-state index contributed by atoms with van der Waals surface area (Å²) in [5.41, 5.74) is 0.765. The van der Waals surface area contributed by atoms with Crippen LogP contribution in [0.15, 0.2) is 17.3 Å². The van der Waals surface area contributed by atoms with Crippen LogP contribution in [0.25, 0.3) is 11.2 Å². The molecule has 1 saturated heterocycles. The van der Waals surface area contributed by atoms with Gasteiger partial charge >= 0.3 is 12.1 Å². The smallest absolute Gasteiger partial charge is 0.389 e. The molecule has 0 aromatic carbocycles. The van der Waals surface area contributed by atoms with Crippen LogP contribution in [-0.2, 0) is 14.3 Å². The van der Waals surface area contributed by atoms with E-state index in [1.54, 1.807) is 36.4 Å². The molecule has 2 N–H and O–H groups in total. The van der Waals surface area contributed by atoms with Crippen molar-refractivity contribution in [3.05, 3.63) is 12.2 Å². The molecule has 36 heavy (non-hydrogen) atoms. The second-order valence-corrected chi connectivity index (χ2v) is 11.0. The van der Waals surface area contributed by atoms with E-state index < -0.39 is 36.6 Å². The summed E-state index contributed by atoms with van der Waals surface area (Å²) in [4.78, 5) is 20.0. The van der Waals surface area contributed by atoms with Gasteiger partial charge in [-0.25, -0.2) is 19.4 Å². The molecule has 4 unspecified atom stereocenters. The van der Waals surface area contributed by atoms with Crippen molar-refractivity contribution in [1.82, 2.24) is 25.0 Å². The number of thioether (sulfide) groups is 2. The van der Waals surface area contributed by atoms with Gasteiger partial charge in [0.15, 0.2) is 27.9 Å². The zero-order chi connectivity index (χ0) is 26.1. The number of nitrogens with zero attached hydrogens (tertiary/aromatic N) is 5. The highest BCUT2D eigenvalue weighted by molar-refractivity contribution is 7.99. The predicted octanol–water partition coefficient (Wildman–Crippen LogP) is 3.76. The number of anilines is 1. The van der Waals surface area contributed by atoms with Gasteiger partial charge in [0.25, 0.3) is 0 Å². The highest BCUT2D eigenvalue weighted by Crippen LogP contribution is 2.48. The highest BCUT2D eigenvalue weighted by Gasteiger charge is 2.54. The number of ether oxygens (including phenoxy) is 2. The fourth-order valence-electron chi connectivity index (χ4n) is 4.38. The standard InChI is InChI=1S/C21H27F3N6O4S2/c1-20(2)33-15-11(4-5-13(31)32)10-12(16(15)34-20)30-18-14(28-29-30)17(25-7-9-35-3)26-19(27-18)36-8-6-21(22,23)24/h4-5,11-12,15-16H,6-10H2,1-3H3,(H,31,32)(H,25,26,27). The average molecular weight is 549 g/mol. The van der Waals surface area contributed by atoms with Crippen LogP contribution in [0.2, 0.25) is 0 Å². The van der Waals surface area contributed by atoms with E-state index in [0.717, 1.165) is 23.6 Å². The minimum absolute atomic E-state index is 0.183. The Bertz CT molecular complexity index is 1130. The summed E-state index contributed by atoms with van der Waals surface area (Å²) in [6.45, 7) is 4.14. The molecule has 0 radical (unpaired) electrons. The maximum atomic E-state index is 12.7. The Hall–Kier alpha value is -2.10. The normalized spacial score (nSPS) is 25.6. The van der Waals surface area contributed by atoms with E-state index in [-0.39, 0.29) is 22.9 Å². The van der Waals surface area contributed by atoms with Crippen molar-refractivity contribution in [3.63, 3.8) is 0 Å². The monoisotopic (exact) mass is 548 g/mol. The minimum atomic E-state index is -4.27. The van der Waals surface area contributed by atoms with Crippen LogP contribution < -0.4 is 5.32 Å². The zero-order valence-corrected chi connectivity index (χ0v) is 21.5. The summed E-state index contributed by atoms with van der Waals surface area (Å²) < 4.78 is 51.9. The third kappa shape index (κ3) is 6.23. The van der Waals surface area contributed by atoms with E-state index in [4.69, 9.17) is 14.6 Å². The van der Waals surface area contributed by atoms with Crippen molar-refractivity contribution in [3.8, 4) is 0 Å². The van der Waals surface area contributed by atoms with Gasteiger partial charge in [0, 0.05) is 30.0 Å². The molecule has 2 aromatic rings. The first-order valence-corrected chi connectivity index (χ1v) is 13.7. The molecular weight excluding hydrogens is 521 g/mol. The lowest BCUT2D eigenvalue weighted by Crippen LogP contribution is -2.28. The number of carbonyl (C=O) groups is 1. The Labute approximate surface area is 213 Å². The number of hydrogen-bond donors (Lipinski definition) is 2.